The highest BCUT2D eigenvalue weighted by Crippen LogP contribution is 2.22. The number of aryl methyl sites for hydroxylation is 1. The fraction of sp³-hybridized carbons (Fsp3) is 0.714. The number of hydrogen-bond donors (Lipinski definition) is 3. The highest BCUT2D eigenvalue weighted by Gasteiger charge is 2.22. The monoisotopic (exact) mass is 335 g/mol. The standard InChI is InChI=1S/C21H37NO2/c1-3-5-6-7-8-9-20(24)19-12-10-18(11-13-19)14-16-21(22,17-23)15-4-2/h10-13,20,23-24H,3-9,14-17,22H2,1-2H3. The van der Waals surface area contributed by atoms with Gasteiger partial charge in [0, 0.05) is 5.54 Å². The van der Waals surface area contributed by atoms with Crippen LogP contribution in [0.1, 0.15) is 88.9 Å². The van der Waals surface area contributed by atoms with Gasteiger partial charge in [-0.2, -0.15) is 0 Å². The summed E-state index contributed by atoms with van der Waals surface area (Å²) in [4.78, 5) is 0. The van der Waals surface area contributed by atoms with Gasteiger partial charge in [-0.1, -0.05) is 76.6 Å². The van der Waals surface area contributed by atoms with Gasteiger partial charge in [-0.3, -0.25) is 0 Å². The molecule has 138 valence electrons. The smallest absolute Gasteiger partial charge is 0.0790 e. The quantitative estimate of drug-likeness (QED) is 0.465. The molecular weight excluding hydrogens is 298 g/mol. The van der Waals surface area contributed by atoms with E-state index < -0.39 is 5.54 Å². The normalized spacial score (nSPS) is 15.2. The Morgan fingerprint density at radius 2 is 1.62 bits per heavy atom. The largest absolute Gasteiger partial charge is 0.394 e. The van der Waals surface area contributed by atoms with Crippen molar-refractivity contribution in [2.24, 2.45) is 5.73 Å². The summed E-state index contributed by atoms with van der Waals surface area (Å²) in [5.41, 5.74) is 7.99. The molecule has 2 atom stereocenters. The number of benzene rings is 1. The summed E-state index contributed by atoms with van der Waals surface area (Å²) >= 11 is 0. The molecule has 24 heavy (non-hydrogen) atoms. The van der Waals surface area contributed by atoms with Gasteiger partial charge in [-0.15, -0.1) is 0 Å². The van der Waals surface area contributed by atoms with E-state index >= 15 is 0 Å². The van der Waals surface area contributed by atoms with Gasteiger partial charge in [0.2, 0.25) is 0 Å². The first-order valence-electron chi connectivity index (χ1n) is 9.71. The summed E-state index contributed by atoms with van der Waals surface area (Å²) in [6.45, 7) is 4.35. The van der Waals surface area contributed by atoms with Crippen molar-refractivity contribution >= 4 is 0 Å². The zero-order chi connectivity index (χ0) is 17.8. The van der Waals surface area contributed by atoms with E-state index in [-0.39, 0.29) is 12.7 Å². The lowest BCUT2D eigenvalue weighted by atomic mass is 9.88. The molecule has 4 N–H and O–H groups in total. The van der Waals surface area contributed by atoms with Crippen molar-refractivity contribution in [2.45, 2.75) is 89.7 Å². The molecule has 3 heteroatoms. The lowest BCUT2D eigenvalue weighted by Gasteiger charge is -2.26. The second-order valence-electron chi connectivity index (χ2n) is 7.23. The Balaban J connectivity index is 2.41. The van der Waals surface area contributed by atoms with Crippen molar-refractivity contribution in [1.29, 1.82) is 0 Å². The fourth-order valence-corrected chi connectivity index (χ4v) is 3.19. The van der Waals surface area contributed by atoms with Gasteiger partial charge in [-0.25, -0.2) is 0 Å². The van der Waals surface area contributed by atoms with Crippen LogP contribution in [0, 0.1) is 0 Å². The Labute approximate surface area is 148 Å². The summed E-state index contributed by atoms with van der Waals surface area (Å²) in [6.07, 6.45) is 10.1. The first kappa shape index (κ1) is 21.1. The molecule has 0 amide bonds. The van der Waals surface area contributed by atoms with E-state index in [0.29, 0.717) is 0 Å². The van der Waals surface area contributed by atoms with Gasteiger partial charge < -0.3 is 15.9 Å². The van der Waals surface area contributed by atoms with Crippen molar-refractivity contribution in [1.82, 2.24) is 0 Å². The van der Waals surface area contributed by atoms with E-state index in [1.54, 1.807) is 0 Å². The zero-order valence-corrected chi connectivity index (χ0v) is 15.6. The minimum absolute atomic E-state index is 0.0374. The van der Waals surface area contributed by atoms with Crippen LogP contribution in [0.15, 0.2) is 24.3 Å². The third-order valence-corrected chi connectivity index (χ3v) is 4.92. The molecule has 0 aromatic heterocycles. The highest BCUT2D eigenvalue weighted by molar-refractivity contribution is 5.24. The number of aliphatic hydroxyl groups is 2. The molecule has 1 rings (SSSR count). The maximum Gasteiger partial charge on any atom is 0.0790 e. The molecule has 0 spiro atoms. The van der Waals surface area contributed by atoms with Gasteiger partial charge in [0.1, 0.15) is 0 Å². The van der Waals surface area contributed by atoms with Crippen LogP contribution in [0.3, 0.4) is 0 Å². The van der Waals surface area contributed by atoms with Crippen LogP contribution in [0.2, 0.25) is 0 Å². The Hall–Kier alpha value is -0.900. The Morgan fingerprint density at radius 1 is 0.958 bits per heavy atom. The minimum Gasteiger partial charge on any atom is -0.394 e. The van der Waals surface area contributed by atoms with Crippen molar-refractivity contribution < 1.29 is 10.2 Å². The number of hydrogen-bond acceptors (Lipinski definition) is 3. The number of aliphatic hydroxyl groups excluding tert-OH is 2. The van der Waals surface area contributed by atoms with Crippen molar-refractivity contribution in [3.63, 3.8) is 0 Å². The fourth-order valence-electron chi connectivity index (χ4n) is 3.19. The molecular formula is C21H37NO2. The van der Waals surface area contributed by atoms with Crippen LogP contribution < -0.4 is 5.73 Å². The maximum absolute atomic E-state index is 10.3. The molecule has 0 saturated heterocycles. The van der Waals surface area contributed by atoms with Crippen LogP contribution in [0.4, 0.5) is 0 Å². The van der Waals surface area contributed by atoms with E-state index in [9.17, 15) is 10.2 Å². The van der Waals surface area contributed by atoms with Crippen LogP contribution >= 0.6 is 0 Å². The Kier molecular flexibility index (Phi) is 10.2. The summed E-state index contributed by atoms with van der Waals surface area (Å²) in [6, 6.07) is 8.23. The molecule has 0 fully saturated rings. The molecule has 3 nitrogen and oxygen atoms in total. The maximum atomic E-state index is 10.3. The van der Waals surface area contributed by atoms with Crippen LogP contribution in [0.25, 0.3) is 0 Å². The number of rotatable bonds is 13. The van der Waals surface area contributed by atoms with E-state index in [0.717, 1.165) is 44.1 Å². The molecule has 0 aliphatic heterocycles. The molecule has 0 aliphatic rings. The SMILES string of the molecule is CCCCCCCC(O)c1ccc(CCC(N)(CO)CCC)cc1. The summed E-state index contributed by atoms with van der Waals surface area (Å²) in [5.74, 6) is 0. The molecule has 1 aromatic carbocycles. The van der Waals surface area contributed by atoms with E-state index in [2.05, 4.69) is 26.0 Å². The molecule has 0 saturated carbocycles. The highest BCUT2D eigenvalue weighted by atomic mass is 16.3. The molecule has 0 heterocycles. The predicted molar refractivity (Wildman–Crippen MR) is 102 cm³/mol. The van der Waals surface area contributed by atoms with Crippen LogP contribution in [-0.2, 0) is 6.42 Å². The Morgan fingerprint density at radius 3 is 2.21 bits per heavy atom. The predicted octanol–water partition coefficient (Wildman–Crippen LogP) is 4.50. The average Bonchev–Trinajstić information content (AvgIpc) is 2.60. The average molecular weight is 336 g/mol. The van der Waals surface area contributed by atoms with Gasteiger partial charge >= 0.3 is 0 Å². The molecule has 0 bridgehead atoms. The first-order valence-corrected chi connectivity index (χ1v) is 9.71. The lowest BCUT2D eigenvalue weighted by molar-refractivity contribution is 0.163. The molecule has 0 radical (unpaired) electrons. The lowest BCUT2D eigenvalue weighted by Crippen LogP contribution is -2.43. The zero-order valence-electron chi connectivity index (χ0n) is 15.6. The van der Waals surface area contributed by atoms with Gasteiger partial charge in [0.25, 0.3) is 0 Å². The van der Waals surface area contributed by atoms with Gasteiger partial charge in [-0.05, 0) is 36.8 Å². The van der Waals surface area contributed by atoms with E-state index in [4.69, 9.17) is 5.73 Å². The van der Waals surface area contributed by atoms with Gasteiger partial charge in [0.05, 0.1) is 12.7 Å². The van der Waals surface area contributed by atoms with Crippen LogP contribution in [-0.4, -0.2) is 22.4 Å². The van der Waals surface area contributed by atoms with Crippen molar-refractivity contribution in [3.05, 3.63) is 35.4 Å². The number of unbranched alkanes of at least 4 members (excludes halogenated alkanes) is 4. The van der Waals surface area contributed by atoms with E-state index in [1.807, 2.05) is 12.1 Å². The third kappa shape index (κ3) is 7.78. The summed E-state index contributed by atoms with van der Waals surface area (Å²) in [5, 5.41) is 19.8. The second kappa shape index (κ2) is 11.6. The van der Waals surface area contributed by atoms with Crippen molar-refractivity contribution in [3.8, 4) is 0 Å². The van der Waals surface area contributed by atoms with Crippen molar-refractivity contribution in [2.75, 3.05) is 6.61 Å². The van der Waals surface area contributed by atoms with E-state index in [1.165, 1.54) is 31.2 Å². The Bertz CT molecular complexity index is 432. The first-order chi connectivity index (χ1) is 11.5. The second-order valence-corrected chi connectivity index (χ2v) is 7.23. The summed E-state index contributed by atoms with van der Waals surface area (Å²) < 4.78 is 0. The van der Waals surface area contributed by atoms with Crippen LogP contribution in [0.5, 0.6) is 0 Å². The molecule has 2 unspecified atom stereocenters. The minimum atomic E-state index is -0.467. The summed E-state index contributed by atoms with van der Waals surface area (Å²) in [7, 11) is 0. The van der Waals surface area contributed by atoms with Gasteiger partial charge in [0.15, 0.2) is 0 Å². The number of nitrogens with two attached hydrogens (primary N) is 1. The molecule has 1 aromatic rings. The molecule has 0 aliphatic carbocycles. The third-order valence-electron chi connectivity index (χ3n) is 4.92. The topological polar surface area (TPSA) is 66.5 Å².